The number of benzene rings is 1. The minimum atomic E-state index is 0.307. The van der Waals surface area contributed by atoms with Crippen LogP contribution in [0.2, 0.25) is 0 Å². The maximum atomic E-state index is 9.46. The zero-order valence-electron chi connectivity index (χ0n) is 6.27. The summed E-state index contributed by atoms with van der Waals surface area (Å²) < 4.78 is 3.97. The molecule has 0 atom stereocenters. The van der Waals surface area contributed by atoms with Gasteiger partial charge in [-0.1, -0.05) is 12.1 Å². The van der Waals surface area contributed by atoms with E-state index in [0.29, 0.717) is 5.75 Å². The lowest BCUT2D eigenvalue weighted by molar-refractivity contribution is 0.477. The van der Waals surface area contributed by atoms with E-state index in [1.165, 1.54) is 11.5 Å². The topological polar surface area (TPSA) is 33.1 Å². The minimum absolute atomic E-state index is 0.307. The lowest BCUT2D eigenvalue weighted by atomic mass is 10.2. The summed E-state index contributed by atoms with van der Waals surface area (Å²) in [5.41, 5.74) is 0.847. The maximum Gasteiger partial charge on any atom is 0.124 e. The third-order valence-corrected chi connectivity index (χ3v) is 2.39. The molecule has 0 amide bonds. The number of rotatable bonds is 1. The molecule has 2 nitrogen and oxygen atoms in total. The second-order valence-corrected chi connectivity index (χ2v) is 3.23. The fourth-order valence-electron chi connectivity index (χ4n) is 1.04. The van der Waals surface area contributed by atoms with E-state index in [0.717, 1.165) is 10.4 Å². The molecule has 2 aromatic rings. The van der Waals surface area contributed by atoms with Gasteiger partial charge in [-0.2, -0.15) is 0 Å². The van der Waals surface area contributed by atoms with Crippen LogP contribution in [0.15, 0.2) is 36.5 Å². The van der Waals surface area contributed by atoms with E-state index in [1.54, 1.807) is 18.3 Å². The fraction of sp³-hybridized carbons (Fsp3) is 0. The number of para-hydroxylation sites is 1. The van der Waals surface area contributed by atoms with Gasteiger partial charge in [-0.15, -0.1) is 0 Å². The molecule has 0 spiro atoms. The molecule has 0 saturated carbocycles. The molecular weight excluding hydrogens is 170 g/mol. The molecule has 0 aliphatic rings. The summed E-state index contributed by atoms with van der Waals surface area (Å²) in [4.78, 5) is 0.994. The summed E-state index contributed by atoms with van der Waals surface area (Å²) in [7, 11) is 0. The standard InChI is InChI=1S/C9H7NOS/c11-8-4-2-1-3-7(8)9-5-6-10-12-9/h1-6,11H. The third-order valence-electron chi connectivity index (χ3n) is 1.61. The number of hydrogen-bond acceptors (Lipinski definition) is 3. The van der Waals surface area contributed by atoms with Crippen molar-refractivity contribution in [3.63, 3.8) is 0 Å². The predicted molar refractivity (Wildman–Crippen MR) is 49.2 cm³/mol. The van der Waals surface area contributed by atoms with Crippen LogP contribution >= 0.6 is 11.5 Å². The first kappa shape index (κ1) is 7.31. The summed E-state index contributed by atoms with van der Waals surface area (Å²) in [5, 5.41) is 9.46. The Bertz CT molecular complexity index is 370. The highest BCUT2D eigenvalue weighted by molar-refractivity contribution is 7.09. The largest absolute Gasteiger partial charge is 0.507 e. The average Bonchev–Trinajstić information content (AvgIpc) is 2.57. The van der Waals surface area contributed by atoms with E-state index in [9.17, 15) is 5.11 Å². The highest BCUT2D eigenvalue weighted by Gasteiger charge is 2.02. The van der Waals surface area contributed by atoms with Crippen LogP contribution in [-0.4, -0.2) is 9.48 Å². The number of nitrogens with zero attached hydrogens (tertiary/aromatic N) is 1. The summed E-state index contributed by atoms with van der Waals surface area (Å²) in [6.07, 6.45) is 1.73. The van der Waals surface area contributed by atoms with E-state index in [1.807, 2.05) is 18.2 Å². The molecule has 0 radical (unpaired) electrons. The van der Waals surface area contributed by atoms with Gasteiger partial charge in [0.15, 0.2) is 0 Å². The first-order valence-electron chi connectivity index (χ1n) is 3.57. The van der Waals surface area contributed by atoms with Crippen molar-refractivity contribution >= 4 is 11.5 Å². The molecule has 12 heavy (non-hydrogen) atoms. The van der Waals surface area contributed by atoms with E-state index in [4.69, 9.17) is 0 Å². The van der Waals surface area contributed by atoms with Crippen molar-refractivity contribution in [2.24, 2.45) is 0 Å². The van der Waals surface area contributed by atoms with Crippen LogP contribution in [0.25, 0.3) is 10.4 Å². The Morgan fingerprint density at radius 1 is 1.17 bits per heavy atom. The van der Waals surface area contributed by atoms with Crippen molar-refractivity contribution in [3.8, 4) is 16.2 Å². The van der Waals surface area contributed by atoms with Crippen LogP contribution < -0.4 is 0 Å². The van der Waals surface area contributed by atoms with Crippen LogP contribution in [-0.2, 0) is 0 Å². The van der Waals surface area contributed by atoms with Gasteiger partial charge in [-0.05, 0) is 29.7 Å². The lowest BCUT2D eigenvalue weighted by Gasteiger charge is -1.98. The summed E-state index contributed by atoms with van der Waals surface area (Å²) in [5.74, 6) is 0.307. The quantitative estimate of drug-likeness (QED) is 0.726. The zero-order chi connectivity index (χ0) is 8.39. The van der Waals surface area contributed by atoms with Gasteiger partial charge >= 0.3 is 0 Å². The van der Waals surface area contributed by atoms with Gasteiger partial charge < -0.3 is 5.11 Å². The van der Waals surface area contributed by atoms with Crippen molar-refractivity contribution in [2.75, 3.05) is 0 Å². The van der Waals surface area contributed by atoms with Gasteiger partial charge in [0.1, 0.15) is 5.75 Å². The highest BCUT2D eigenvalue weighted by Crippen LogP contribution is 2.30. The second kappa shape index (κ2) is 2.95. The molecule has 1 aromatic heterocycles. The molecular formula is C9H7NOS. The first-order chi connectivity index (χ1) is 5.88. The Labute approximate surface area is 74.3 Å². The molecule has 0 fully saturated rings. The fourth-order valence-corrected chi connectivity index (χ4v) is 1.66. The van der Waals surface area contributed by atoms with Crippen LogP contribution in [0.1, 0.15) is 0 Å². The van der Waals surface area contributed by atoms with Gasteiger partial charge in [-0.3, -0.25) is 0 Å². The third kappa shape index (κ3) is 1.19. The minimum Gasteiger partial charge on any atom is -0.507 e. The van der Waals surface area contributed by atoms with Gasteiger partial charge in [0.25, 0.3) is 0 Å². The molecule has 0 unspecified atom stereocenters. The number of phenolic OH excluding ortho intramolecular Hbond substituents is 1. The summed E-state index contributed by atoms with van der Waals surface area (Å²) >= 11 is 1.38. The Kier molecular flexibility index (Phi) is 1.80. The van der Waals surface area contributed by atoms with Gasteiger partial charge in [0, 0.05) is 11.8 Å². The molecule has 3 heteroatoms. The molecule has 1 N–H and O–H groups in total. The Balaban J connectivity index is 2.55. The van der Waals surface area contributed by atoms with Gasteiger partial charge in [0.05, 0.1) is 4.88 Å². The van der Waals surface area contributed by atoms with Crippen molar-refractivity contribution < 1.29 is 5.11 Å². The Morgan fingerprint density at radius 3 is 2.67 bits per heavy atom. The number of aromatic nitrogens is 1. The van der Waals surface area contributed by atoms with Crippen LogP contribution in [0.4, 0.5) is 0 Å². The normalized spacial score (nSPS) is 10.0. The number of phenols is 1. The summed E-state index contributed by atoms with van der Waals surface area (Å²) in [6.45, 7) is 0. The van der Waals surface area contributed by atoms with Crippen molar-refractivity contribution in [1.82, 2.24) is 4.37 Å². The van der Waals surface area contributed by atoms with E-state index in [-0.39, 0.29) is 0 Å². The highest BCUT2D eigenvalue weighted by atomic mass is 32.1. The molecule has 0 saturated heterocycles. The van der Waals surface area contributed by atoms with E-state index < -0.39 is 0 Å². The van der Waals surface area contributed by atoms with Crippen LogP contribution in [0, 0.1) is 0 Å². The zero-order valence-corrected chi connectivity index (χ0v) is 7.08. The molecule has 0 aliphatic heterocycles. The van der Waals surface area contributed by atoms with Crippen molar-refractivity contribution in [2.45, 2.75) is 0 Å². The van der Waals surface area contributed by atoms with Crippen molar-refractivity contribution in [1.29, 1.82) is 0 Å². The predicted octanol–water partition coefficient (Wildman–Crippen LogP) is 2.52. The smallest absolute Gasteiger partial charge is 0.124 e. The second-order valence-electron chi connectivity index (χ2n) is 2.39. The van der Waals surface area contributed by atoms with Gasteiger partial charge in [0.2, 0.25) is 0 Å². The number of hydrogen-bond donors (Lipinski definition) is 1. The molecule has 60 valence electrons. The molecule has 0 aliphatic carbocycles. The summed E-state index contributed by atoms with van der Waals surface area (Å²) in [6, 6.07) is 9.15. The monoisotopic (exact) mass is 177 g/mol. The molecule has 1 heterocycles. The average molecular weight is 177 g/mol. The van der Waals surface area contributed by atoms with E-state index >= 15 is 0 Å². The SMILES string of the molecule is Oc1ccccc1-c1ccns1. The Morgan fingerprint density at radius 2 is 2.00 bits per heavy atom. The molecule has 1 aromatic carbocycles. The van der Waals surface area contributed by atoms with E-state index in [2.05, 4.69) is 4.37 Å². The van der Waals surface area contributed by atoms with Crippen LogP contribution in [0.3, 0.4) is 0 Å². The Hall–Kier alpha value is -1.35. The lowest BCUT2D eigenvalue weighted by Crippen LogP contribution is -1.71. The maximum absolute atomic E-state index is 9.46. The molecule has 2 rings (SSSR count). The number of aromatic hydroxyl groups is 1. The van der Waals surface area contributed by atoms with Crippen molar-refractivity contribution in [3.05, 3.63) is 36.5 Å². The first-order valence-corrected chi connectivity index (χ1v) is 4.34. The van der Waals surface area contributed by atoms with Gasteiger partial charge in [-0.25, -0.2) is 4.37 Å². The molecule has 0 bridgehead atoms. The van der Waals surface area contributed by atoms with Crippen LogP contribution in [0.5, 0.6) is 5.75 Å².